The van der Waals surface area contributed by atoms with Crippen molar-refractivity contribution >= 4 is 0 Å². The lowest BCUT2D eigenvalue weighted by Gasteiger charge is -2.26. The van der Waals surface area contributed by atoms with Gasteiger partial charge in [-0.1, -0.05) is 59.7 Å². The van der Waals surface area contributed by atoms with E-state index in [0.29, 0.717) is 0 Å². The van der Waals surface area contributed by atoms with E-state index >= 15 is 0 Å². The van der Waals surface area contributed by atoms with E-state index in [1.165, 1.54) is 44.5 Å². The molecule has 0 bridgehead atoms. The Hall–Kier alpha value is -2.41. The Balaban J connectivity index is 2.16. The van der Waals surface area contributed by atoms with Gasteiger partial charge in [-0.25, -0.2) is 0 Å². The van der Waals surface area contributed by atoms with Crippen LogP contribution in [0.25, 0.3) is 22.4 Å². The van der Waals surface area contributed by atoms with Crippen molar-refractivity contribution in [2.45, 2.75) is 73.1 Å². The maximum Gasteiger partial charge on any atom is 0.0708 e. The average Bonchev–Trinajstić information content (AvgIpc) is 2.64. The minimum Gasteiger partial charge on any atom is -0.256 e. The fraction of sp³-hybridized carbons (Fsp3) is 0.393. The molecule has 3 aromatic rings. The van der Waals surface area contributed by atoms with E-state index < -0.39 is 0 Å². The first-order chi connectivity index (χ1) is 13.4. The van der Waals surface area contributed by atoms with Crippen molar-refractivity contribution in [3.8, 4) is 22.4 Å². The van der Waals surface area contributed by atoms with Crippen molar-refractivity contribution in [1.82, 2.24) is 4.98 Å². The van der Waals surface area contributed by atoms with Crippen LogP contribution in [-0.4, -0.2) is 4.98 Å². The molecular weight excluding hydrogens is 350 g/mol. The van der Waals surface area contributed by atoms with Crippen LogP contribution in [0.1, 0.15) is 69.4 Å². The molecule has 0 amide bonds. The van der Waals surface area contributed by atoms with Crippen LogP contribution in [-0.2, 0) is 10.8 Å². The van der Waals surface area contributed by atoms with Crippen LogP contribution < -0.4 is 0 Å². The van der Waals surface area contributed by atoms with Crippen LogP contribution in [0.3, 0.4) is 0 Å². The summed E-state index contributed by atoms with van der Waals surface area (Å²) in [4.78, 5) is 4.69. The van der Waals surface area contributed by atoms with Gasteiger partial charge in [0.05, 0.1) is 5.69 Å². The normalized spacial score (nSPS) is 12.3. The van der Waals surface area contributed by atoms with Gasteiger partial charge in [0.1, 0.15) is 0 Å². The molecule has 1 aromatic heterocycles. The summed E-state index contributed by atoms with van der Waals surface area (Å²) in [7, 11) is 0. The van der Waals surface area contributed by atoms with Gasteiger partial charge in [-0.05, 0) is 94.8 Å². The van der Waals surface area contributed by atoms with Gasteiger partial charge in [0.15, 0.2) is 0 Å². The molecule has 2 aromatic carbocycles. The van der Waals surface area contributed by atoms with Gasteiger partial charge in [0.2, 0.25) is 0 Å². The number of nitrogens with zero attached hydrogens (tertiary/aromatic N) is 1. The summed E-state index contributed by atoms with van der Waals surface area (Å²) >= 11 is 0. The SMILES string of the molecule is Cc1cc(-c2cc(-c3cc(C(C)(C)C)cc(C(C)(C)C)c3)ccn2)cc(C)c1C. The fourth-order valence-corrected chi connectivity index (χ4v) is 3.61. The molecule has 0 aliphatic rings. The van der Waals surface area contributed by atoms with Crippen LogP contribution >= 0.6 is 0 Å². The molecule has 0 radical (unpaired) electrons. The zero-order valence-electron chi connectivity index (χ0n) is 19.6. The minimum absolute atomic E-state index is 0.108. The van der Waals surface area contributed by atoms with Crippen molar-refractivity contribution < 1.29 is 0 Å². The van der Waals surface area contributed by atoms with Gasteiger partial charge in [0, 0.05) is 11.8 Å². The second kappa shape index (κ2) is 7.44. The summed E-state index contributed by atoms with van der Waals surface area (Å²) in [6, 6.07) is 15.9. The third-order valence-electron chi connectivity index (χ3n) is 5.98. The van der Waals surface area contributed by atoms with Crippen molar-refractivity contribution in [2.75, 3.05) is 0 Å². The molecule has 152 valence electrons. The average molecular weight is 386 g/mol. The van der Waals surface area contributed by atoms with E-state index in [-0.39, 0.29) is 10.8 Å². The molecule has 0 atom stereocenters. The lowest BCUT2D eigenvalue weighted by atomic mass is 9.79. The molecule has 0 N–H and O–H groups in total. The first kappa shape index (κ1) is 21.3. The third kappa shape index (κ3) is 4.61. The molecule has 0 aliphatic heterocycles. The van der Waals surface area contributed by atoms with E-state index in [4.69, 9.17) is 0 Å². The number of hydrogen-bond donors (Lipinski definition) is 0. The Labute approximate surface area is 177 Å². The molecule has 0 aliphatic carbocycles. The number of pyridine rings is 1. The highest BCUT2D eigenvalue weighted by atomic mass is 14.7. The maximum absolute atomic E-state index is 4.69. The number of hydrogen-bond acceptors (Lipinski definition) is 1. The number of aromatic nitrogens is 1. The van der Waals surface area contributed by atoms with Gasteiger partial charge >= 0.3 is 0 Å². The number of benzene rings is 2. The van der Waals surface area contributed by atoms with Gasteiger partial charge in [-0.3, -0.25) is 4.98 Å². The fourth-order valence-electron chi connectivity index (χ4n) is 3.61. The van der Waals surface area contributed by atoms with Crippen LogP contribution in [0.15, 0.2) is 48.7 Å². The third-order valence-corrected chi connectivity index (χ3v) is 5.98. The van der Waals surface area contributed by atoms with Crippen LogP contribution in [0, 0.1) is 20.8 Å². The largest absolute Gasteiger partial charge is 0.256 e. The van der Waals surface area contributed by atoms with Crippen molar-refractivity contribution in [3.05, 3.63) is 76.5 Å². The van der Waals surface area contributed by atoms with E-state index in [1.807, 2.05) is 6.20 Å². The zero-order chi connectivity index (χ0) is 21.6. The Bertz CT molecular complexity index is 987. The molecular formula is C28H35N. The summed E-state index contributed by atoms with van der Waals surface area (Å²) in [6.07, 6.45) is 1.94. The highest BCUT2D eigenvalue weighted by molar-refractivity contribution is 5.72. The van der Waals surface area contributed by atoms with Crippen molar-refractivity contribution in [3.63, 3.8) is 0 Å². The summed E-state index contributed by atoms with van der Waals surface area (Å²) in [5.41, 5.74) is 11.7. The minimum atomic E-state index is 0.108. The zero-order valence-corrected chi connectivity index (χ0v) is 19.6. The van der Waals surface area contributed by atoms with Gasteiger partial charge in [-0.15, -0.1) is 0 Å². The van der Waals surface area contributed by atoms with E-state index in [1.54, 1.807) is 0 Å². The predicted octanol–water partition coefficient (Wildman–Crippen LogP) is 7.94. The van der Waals surface area contributed by atoms with Gasteiger partial charge < -0.3 is 0 Å². The molecule has 3 rings (SSSR count). The lowest BCUT2D eigenvalue weighted by Crippen LogP contribution is -2.16. The monoisotopic (exact) mass is 385 g/mol. The smallest absolute Gasteiger partial charge is 0.0708 e. The highest BCUT2D eigenvalue weighted by Gasteiger charge is 2.21. The Morgan fingerprint density at radius 3 is 1.59 bits per heavy atom. The van der Waals surface area contributed by atoms with Crippen LogP contribution in [0.2, 0.25) is 0 Å². The molecule has 0 saturated heterocycles. The Kier molecular flexibility index (Phi) is 5.47. The Morgan fingerprint density at radius 1 is 0.586 bits per heavy atom. The number of rotatable bonds is 2. The quantitative estimate of drug-likeness (QED) is 0.436. The van der Waals surface area contributed by atoms with E-state index in [9.17, 15) is 0 Å². The summed E-state index contributed by atoms with van der Waals surface area (Å²) in [6.45, 7) is 20.3. The lowest BCUT2D eigenvalue weighted by molar-refractivity contribution is 0.569. The van der Waals surface area contributed by atoms with Crippen LogP contribution in [0.5, 0.6) is 0 Å². The molecule has 1 nitrogen and oxygen atoms in total. The predicted molar refractivity (Wildman–Crippen MR) is 127 cm³/mol. The van der Waals surface area contributed by atoms with Gasteiger partial charge in [0.25, 0.3) is 0 Å². The summed E-state index contributed by atoms with van der Waals surface area (Å²) in [5, 5.41) is 0. The molecule has 0 saturated carbocycles. The molecule has 1 heteroatoms. The second-order valence-electron chi connectivity index (χ2n) is 10.5. The Morgan fingerprint density at radius 2 is 1.10 bits per heavy atom. The summed E-state index contributed by atoms with van der Waals surface area (Å²) in [5.74, 6) is 0. The molecule has 29 heavy (non-hydrogen) atoms. The van der Waals surface area contributed by atoms with Crippen molar-refractivity contribution in [1.29, 1.82) is 0 Å². The van der Waals surface area contributed by atoms with E-state index in [0.717, 1.165) is 5.69 Å². The van der Waals surface area contributed by atoms with Crippen molar-refractivity contribution in [2.24, 2.45) is 0 Å². The highest BCUT2D eigenvalue weighted by Crippen LogP contribution is 2.35. The topological polar surface area (TPSA) is 12.9 Å². The molecule has 1 heterocycles. The standard InChI is InChI=1S/C28H35N/c1-18-12-23(13-19(2)20(18)3)26-16-21(10-11-29-26)22-14-24(27(4,5)6)17-25(15-22)28(7,8)9/h10-17H,1-9H3. The van der Waals surface area contributed by atoms with Gasteiger partial charge in [-0.2, -0.15) is 0 Å². The molecule has 0 spiro atoms. The first-order valence-electron chi connectivity index (χ1n) is 10.6. The number of aryl methyl sites for hydroxylation is 2. The first-order valence-corrected chi connectivity index (χ1v) is 10.6. The molecule has 0 fully saturated rings. The van der Waals surface area contributed by atoms with E-state index in [2.05, 4.69) is 110 Å². The maximum atomic E-state index is 4.69. The second-order valence-corrected chi connectivity index (χ2v) is 10.5. The van der Waals surface area contributed by atoms with Crippen LogP contribution in [0.4, 0.5) is 0 Å². The molecule has 0 unspecified atom stereocenters. The summed E-state index contributed by atoms with van der Waals surface area (Å²) < 4.78 is 0.